The number of hydrogen-bond acceptors (Lipinski definition) is 5. The molecule has 0 bridgehead atoms. The zero-order chi connectivity index (χ0) is 17.3. The first-order valence-corrected chi connectivity index (χ1v) is 8.19. The second-order valence-corrected chi connectivity index (χ2v) is 7.10. The van der Waals surface area contributed by atoms with Crippen LogP contribution in [0, 0.1) is 11.3 Å². The van der Waals surface area contributed by atoms with Crippen molar-refractivity contribution >= 4 is 11.8 Å². The van der Waals surface area contributed by atoms with Crippen LogP contribution < -0.4 is 5.32 Å². The minimum atomic E-state index is -0.482. The van der Waals surface area contributed by atoms with Gasteiger partial charge in [-0.25, -0.2) is 4.98 Å². The minimum Gasteiger partial charge on any atom is -0.505 e. The van der Waals surface area contributed by atoms with Crippen molar-refractivity contribution in [3.8, 4) is 5.75 Å². The van der Waals surface area contributed by atoms with Crippen molar-refractivity contribution in [2.75, 3.05) is 26.3 Å². The van der Waals surface area contributed by atoms with Gasteiger partial charge in [0.2, 0.25) is 5.91 Å². The van der Waals surface area contributed by atoms with Crippen LogP contribution in [0.15, 0.2) is 18.3 Å². The van der Waals surface area contributed by atoms with Gasteiger partial charge in [-0.05, 0) is 17.5 Å². The van der Waals surface area contributed by atoms with Gasteiger partial charge < -0.3 is 20.1 Å². The van der Waals surface area contributed by atoms with E-state index >= 15 is 0 Å². The largest absolute Gasteiger partial charge is 0.505 e. The van der Waals surface area contributed by atoms with Gasteiger partial charge in [-0.3, -0.25) is 9.59 Å². The van der Waals surface area contributed by atoms with Crippen molar-refractivity contribution in [3.05, 3.63) is 24.0 Å². The maximum absolute atomic E-state index is 12.5. The molecule has 3 rings (SSSR count). The number of aromatic hydroxyl groups is 1. The van der Waals surface area contributed by atoms with E-state index in [9.17, 15) is 14.7 Å². The van der Waals surface area contributed by atoms with Crippen LogP contribution in [-0.4, -0.2) is 59.1 Å². The Labute approximate surface area is 141 Å². The van der Waals surface area contributed by atoms with Crippen molar-refractivity contribution in [1.29, 1.82) is 0 Å². The maximum Gasteiger partial charge on any atom is 0.273 e. The highest BCUT2D eigenvalue weighted by Gasteiger charge is 2.51. The fourth-order valence-corrected chi connectivity index (χ4v) is 3.63. The predicted molar refractivity (Wildman–Crippen MR) is 86.4 cm³/mol. The average Bonchev–Trinajstić information content (AvgIpc) is 3.11. The van der Waals surface area contributed by atoms with Crippen LogP contribution in [0.4, 0.5) is 0 Å². The van der Waals surface area contributed by atoms with Crippen LogP contribution in [0.25, 0.3) is 0 Å². The number of nitrogens with zero attached hydrogens (tertiary/aromatic N) is 2. The molecule has 0 unspecified atom stereocenters. The lowest BCUT2D eigenvalue weighted by Crippen LogP contribution is -2.40. The van der Waals surface area contributed by atoms with E-state index in [1.54, 1.807) is 6.07 Å². The number of amides is 2. The number of ether oxygens (including phenoxy) is 1. The molecule has 24 heavy (non-hydrogen) atoms. The van der Waals surface area contributed by atoms with Crippen molar-refractivity contribution < 1.29 is 19.4 Å². The van der Waals surface area contributed by atoms with Gasteiger partial charge in [-0.1, -0.05) is 13.8 Å². The van der Waals surface area contributed by atoms with E-state index in [0.717, 1.165) is 6.54 Å². The number of fused-ring (bicyclic) bond motifs is 1. The van der Waals surface area contributed by atoms with Crippen LogP contribution in [0.5, 0.6) is 5.75 Å². The van der Waals surface area contributed by atoms with E-state index in [4.69, 9.17) is 4.74 Å². The van der Waals surface area contributed by atoms with Crippen LogP contribution in [0.3, 0.4) is 0 Å². The Morgan fingerprint density at radius 1 is 1.46 bits per heavy atom. The fourth-order valence-electron chi connectivity index (χ4n) is 3.63. The molecule has 0 aromatic carbocycles. The number of hydrogen-bond donors (Lipinski definition) is 2. The van der Waals surface area contributed by atoms with E-state index in [1.165, 1.54) is 12.3 Å². The van der Waals surface area contributed by atoms with Gasteiger partial charge in [0.25, 0.3) is 5.91 Å². The molecule has 2 atom stereocenters. The molecule has 2 amide bonds. The van der Waals surface area contributed by atoms with Crippen LogP contribution >= 0.6 is 0 Å². The first-order chi connectivity index (χ1) is 11.4. The molecule has 0 saturated carbocycles. The second kappa shape index (κ2) is 6.39. The van der Waals surface area contributed by atoms with Gasteiger partial charge in [0.15, 0.2) is 5.69 Å². The summed E-state index contributed by atoms with van der Waals surface area (Å²) in [6, 6.07) is 3.09. The molecule has 0 radical (unpaired) electrons. The Hall–Kier alpha value is -2.15. The zero-order valence-corrected chi connectivity index (χ0v) is 14.0. The van der Waals surface area contributed by atoms with Crippen LogP contribution in [0.1, 0.15) is 30.8 Å². The highest BCUT2D eigenvalue weighted by atomic mass is 16.5. The molecule has 7 heteroatoms. The minimum absolute atomic E-state index is 0.0200. The van der Waals surface area contributed by atoms with Crippen LogP contribution in [0.2, 0.25) is 0 Å². The standard InChI is InChI=1S/C17H23N3O4/c1-17(2)10-20(12-9-24-8-11(12)17)14(22)5-7-19-16(23)15-13(21)4-3-6-18-15/h3-4,6,11-12,21H,5,7-10H2,1-2H3,(H,19,23)/t11-,12+/m0/s1. The van der Waals surface area contributed by atoms with Crippen molar-refractivity contribution in [2.45, 2.75) is 26.3 Å². The number of rotatable bonds is 4. The molecular formula is C17H23N3O4. The van der Waals surface area contributed by atoms with Crippen molar-refractivity contribution in [3.63, 3.8) is 0 Å². The molecule has 2 fully saturated rings. The molecule has 2 saturated heterocycles. The molecule has 3 heterocycles. The van der Waals surface area contributed by atoms with Gasteiger partial charge in [-0.2, -0.15) is 0 Å². The van der Waals surface area contributed by atoms with Gasteiger partial charge in [0, 0.05) is 31.6 Å². The Morgan fingerprint density at radius 2 is 2.25 bits per heavy atom. The SMILES string of the molecule is CC1(C)CN(C(=O)CCNC(=O)c2ncccc2O)[C@@H]2COC[C@@H]21. The Bertz CT molecular complexity index is 646. The second-order valence-electron chi connectivity index (χ2n) is 7.10. The number of carbonyl (C=O) groups is 2. The molecular weight excluding hydrogens is 310 g/mol. The molecule has 1 aromatic heterocycles. The number of nitrogens with one attached hydrogen (secondary N) is 1. The quantitative estimate of drug-likeness (QED) is 0.850. The average molecular weight is 333 g/mol. The summed E-state index contributed by atoms with van der Waals surface area (Å²) >= 11 is 0. The lowest BCUT2D eigenvalue weighted by Gasteiger charge is -2.24. The molecule has 0 spiro atoms. The predicted octanol–water partition coefficient (Wildman–Crippen LogP) is 0.790. The third kappa shape index (κ3) is 3.08. The van der Waals surface area contributed by atoms with Crippen LogP contribution in [-0.2, 0) is 9.53 Å². The molecule has 1 aromatic rings. The summed E-state index contributed by atoms with van der Waals surface area (Å²) < 4.78 is 5.54. The van der Waals surface area contributed by atoms with E-state index in [0.29, 0.717) is 19.1 Å². The fraction of sp³-hybridized carbons (Fsp3) is 0.588. The summed E-state index contributed by atoms with van der Waals surface area (Å²) in [5.74, 6) is -0.258. The lowest BCUT2D eigenvalue weighted by atomic mass is 9.80. The van der Waals surface area contributed by atoms with E-state index in [2.05, 4.69) is 24.1 Å². The Kier molecular flexibility index (Phi) is 4.45. The first kappa shape index (κ1) is 16.7. The molecule has 2 aliphatic heterocycles. The van der Waals surface area contributed by atoms with Gasteiger partial charge >= 0.3 is 0 Å². The first-order valence-electron chi connectivity index (χ1n) is 8.19. The number of likely N-dealkylation sites (tertiary alicyclic amines) is 1. The zero-order valence-electron chi connectivity index (χ0n) is 14.0. The third-order valence-electron chi connectivity index (χ3n) is 4.98. The number of carbonyl (C=O) groups excluding carboxylic acids is 2. The van der Waals surface area contributed by atoms with E-state index in [1.807, 2.05) is 4.90 Å². The Morgan fingerprint density at radius 3 is 3.00 bits per heavy atom. The highest BCUT2D eigenvalue weighted by Crippen LogP contribution is 2.43. The molecule has 2 N–H and O–H groups in total. The summed E-state index contributed by atoms with van der Waals surface area (Å²) in [7, 11) is 0. The molecule has 0 aliphatic carbocycles. The maximum atomic E-state index is 12.5. The summed E-state index contributed by atoms with van der Waals surface area (Å²) in [4.78, 5) is 30.2. The van der Waals surface area contributed by atoms with Gasteiger partial charge in [0.1, 0.15) is 5.75 Å². The Balaban J connectivity index is 1.53. The number of aromatic nitrogens is 1. The monoisotopic (exact) mass is 333 g/mol. The normalized spacial score (nSPS) is 24.7. The number of pyridine rings is 1. The highest BCUT2D eigenvalue weighted by molar-refractivity contribution is 5.94. The van der Waals surface area contributed by atoms with E-state index in [-0.39, 0.29) is 41.8 Å². The third-order valence-corrected chi connectivity index (χ3v) is 4.98. The summed E-state index contributed by atoms with van der Waals surface area (Å²) in [5.41, 5.74) is 0.0244. The molecule has 7 nitrogen and oxygen atoms in total. The summed E-state index contributed by atoms with van der Waals surface area (Å²) in [6.07, 6.45) is 1.66. The topological polar surface area (TPSA) is 91.8 Å². The summed E-state index contributed by atoms with van der Waals surface area (Å²) in [6.45, 7) is 6.56. The van der Waals surface area contributed by atoms with E-state index < -0.39 is 5.91 Å². The molecule has 130 valence electrons. The lowest BCUT2D eigenvalue weighted by molar-refractivity contribution is -0.132. The molecule has 2 aliphatic rings. The van der Waals surface area contributed by atoms with Crippen molar-refractivity contribution in [1.82, 2.24) is 15.2 Å². The smallest absolute Gasteiger partial charge is 0.273 e. The van der Waals surface area contributed by atoms with Gasteiger partial charge in [0.05, 0.1) is 19.3 Å². The van der Waals surface area contributed by atoms with Gasteiger partial charge in [-0.15, -0.1) is 0 Å². The summed E-state index contributed by atoms with van der Waals surface area (Å²) in [5, 5.41) is 12.2. The van der Waals surface area contributed by atoms with Crippen molar-refractivity contribution in [2.24, 2.45) is 11.3 Å².